The van der Waals surface area contributed by atoms with Crippen molar-refractivity contribution in [3.8, 4) is 5.75 Å². The number of ether oxygens (including phenoxy) is 1. The third kappa shape index (κ3) is 4.48. The zero-order valence-electron chi connectivity index (χ0n) is 16.8. The smallest absolute Gasteiger partial charge is 0.265 e. The zero-order chi connectivity index (χ0) is 21.3. The number of anilines is 1. The Morgan fingerprint density at radius 1 is 1.00 bits per heavy atom. The van der Waals surface area contributed by atoms with Gasteiger partial charge in [0.1, 0.15) is 10.6 Å². The Kier molecular flexibility index (Phi) is 6.42. The Bertz CT molecular complexity index is 1080. The lowest BCUT2D eigenvalue weighted by Crippen LogP contribution is -2.22. The van der Waals surface area contributed by atoms with Crippen LogP contribution in [0.15, 0.2) is 46.2 Å². The summed E-state index contributed by atoms with van der Waals surface area (Å²) in [6, 6.07) is 9.34. The van der Waals surface area contributed by atoms with Crippen molar-refractivity contribution in [2.75, 3.05) is 25.9 Å². The lowest BCUT2D eigenvalue weighted by atomic mass is 10.0. The fraction of sp³-hybridized carbons (Fsp3) is 0.368. The number of nitrogens with zero attached hydrogens (tertiary/aromatic N) is 1. The van der Waals surface area contributed by atoms with Crippen LogP contribution in [-0.2, 0) is 20.0 Å². The molecule has 0 aliphatic rings. The van der Waals surface area contributed by atoms with Gasteiger partial charge >= 0.3 is 0 Å². The van der Waals surface area contributed by atoms with E-state index in [0.717, 1.165) is 9.87 Å². The molecule has 0 saturated heterocycles. The quantitative estimate of drug-likeness (QED) is 0.734. The first kappa shape index (κ1) is 22.2. The van der Waals surface area contributed by atoms with Crippen molar-refractivity contribution in [3.05, 3.63) is 47.5 Å². The molecule has 0 saturated carbocycles. The molecule has 0 bridgehead atoms. The molecule has 2 rings (SSSR count). The number of methoxy groups -OCH3 is 1. The van der Waals surface area contributed by atoms with Gasteiger partial charge in [-0.2, -0.15) is 0 Å². The molecule has 0 fully saturated rings. The molecule has 154 valence electrons. The number of nitrogens with one attached hydrogen (secondary N) is 1. The summed E-state index contributed by atoms with van der Waals surface area (Å²) in [4.78, 5) is 0.00478. The second-order valence-corrected chi connectivity index (χ2v) is 10.7. The van der Waals surface area contributed by atoms with Gasteiger partial charge in [0, 0.05) is 14.1 Å². The van der Waals surface area contributed by atoms with Crippen LogP contribution >= 0.6 is 0 Å². The fourth-order valence-electron chi connectivity index (χ4n) is 2.54. The molecule has 1 N–H and O–H groups in total. The summed E-state index contributed by atoms with van der Waals surface area (Å²) < 4.78 is 59.7. The highest BCUT2D eigenvalue weighted by Gasteiger charge is 2.24. The number of hydrogen-bond acceptors (Lipinski definition) is 5. The molecule has 2 aromatic rings. The van der Waals surface area contributed by atoms with Crippen LogP contribution in [0.1, 0.15) is 30.9 Å². The van der Waals surface area contributed by atoms with Gasteiger partial charge in [-0.25, -0.2) is 21.1 Å². The summed E-state index contributed by atoms with van der Waals surface area (Å²) >= 11 is 0. The van der Waals surface area contributed by atoms with Gasteiger partial charge in [-0.1, -0.05) is 26.0 Å². The van der Waals surface area contributed by atoms with Crippen molar-refractivity contribution in [1.29, 1.82) is 0 Å². The number of aryl methyl sites for hydroxylation is 1. The van der Waals surface area contributed by atoms with Gasteiger partial charge in [0.2, 0.25) is 10.0 Å². The van der Waals surface area contributed by atoms with Crippen molar-refractivity contribution in [2.45, 2.75) is 36.5 Å². The van der Waals surface area contributed by atoms with E-state index in [4.69, 9.17) is 4.74 Å². The van der Waals surface area contributed by atoms with Gasteiger partial charge in [-0.3, -0.25) is 4.72 Å². The van der Waals surface area contributed by atoms with Gasteiger partial charge in [0.25, 0.3) is 10.0 Å². The Morgan fingerprint density at radius 2 is 1.64 bits per heavy atom. The van der Waals surface area contributed by atoms with E-state index in [2.05, 4.69) is 4.72 Å². The molecular weight excluding hydrogens is 400 g/mol. The molecule has 2 aromatic carbocycles. The summed E-state index contributed by atoms with van der Waals surface area (Å²) in [7, 11) is -3.46. The molecular formula is C19H26N2O5S2. The average molecular weight is 427 g/mol. The molecule has 0 spiro atoms. The lowest BCUT2D eigenvalue weighted by molar-refractivity contribution is 0.402. The van der Waals surface area contributed by atoms with Crippen LogP contribution in [0.5, 0.6) is 5.75 Å². The molecule has 7 nitrogen and oxygen atoms in total. The maximum atomic E-state index is 13.1. The lowest BCUT2D eigenvalue weighted by Gasteiger charge is -2.17. The van der Waals surface area contributed by atoms with E-state index < -0.39 is 20.0 Å². The first-order valence-electron chi connectivity index (χ1n) is 8.64. The fourth-order valence-corrected chi connectivity index (χ4v) is 4.80. The summed E-state index contributed by atoms with van der Waals surface area (Å²) in [6.45, 7) is 5.63. The Hall–Kier alpha value is -2.10. The monoisotopic (exact) mass is 426 g/mol. The van der Waals surface area contributed by atoms with Crippen LogP contribution in [0.3, 0.4) is 0 Å². The second-order valence-electron chi connectivity index (χ2n) is 6.93. The van der Waals surface area contributed by atoms with E-state index in [9.17, 15) is 16.8 Å². The SMILES string of the molecule is COc1ccc(C(C)C)cc1S(=O)(=O)Nc1cc(S(=O)(=O)N(C)C)ccc1C. The molecule has 0 atom stereocenters. The molecule has 0 radical (unpaired) electrons. The first-order chi connectivity index (χ1) is 12.9. The second kappa shape index (κ2) is 8.10. The topological polar surface area (TPSA) is 92.8 Å². The number of hydrogen-bond donors (Lipinski definition) is 1. The minimum atomic E-state index is -4.00. The standard InChI is InChI=1S/C19H26N2O5S2/c1-13(2)15-8-10-18(26-6)19(11-15)27(22,23)20-17-12-16(9-7-14(17)3)28(24,25)21(4)5/h7-13,20H,1-6H3. The van der Waals surface area contributed by atoms with Crippen LogP contribution in [0.2, 0.25) is 0 Å². The Labute approximate surface area is 167 Å². The van der Waals surface area contributed by atoms with Gasteiger partial charge in [-0.05, 0) is 48.2 Å². The molecule has 0 aliphatic heterocycles. The predicted octanol–water partition coefficient (Wildman–Crippen LogP) is 3.18. The van der Waals surface area contributed by atoms with Crippen molar-refractivity contribution in [2.24, 2.45) is 0 Å². The van der Waals surface area contributed by atoms with E-state index in [1.807, 2.05) is 19.9 Å². The molecule has 28 heavy (non-hydrogen) atoms. The third-order valence-corrected chi connectivity index (χ3v) is 7.57. The van der Waals surface area contributed by atoms with Gasteiger partial charge in [0.15, 0.2) is 0 Å². The van der Waals surface area contributed by atoms with Crippen molar-refractivity contribution >= 4 is 25.7 Å². The Morgan fingerprint density at radius 3 is 2.18 bits per heavy atom. The van der Waals surface area contributed by atoms with Crippen LogP contribution in [0.4, 0.5) is 5.69 Å². The molecule has 0 aromatic heterocycles. The highest BCUT2D eigenvalue weighted by molar-refractivity contribution is 7.92. The van der Waals surface area contributed by atoms with E-state index in [1.165, 1.54) is 33.3 Å². The minimum Gasteiger partial charge on any atom is -0.495 e. The summed E-state index contributed by atoms with van der Waals surface area (Å²) in [5.41, 5.74) is 1.64. The van der Waals surface area contributed by atoms with Crippen LogP contribution < -0.4 is 9.46 Å². The van der Waals surface area contributed by atoms with E-state index in [1.54, 1.807) is 25.1 Å². The van der Waals surface area contributed by atoms with Crippen molar-refractivity contribution in [1.82, 2.24) is 4.31 Å². The predicted molar refractivity (Wildman–Crippen MR) is 110 cm³/mol. The molecule has 9 heteroatoms. The number of sulfonamides is 2. The highest BCUT2D eigenvalue weighted by atomic mass is 32.2. The molecule has 0 heterocycles. The zero-order valence-corrected chi connectivity index (χ0v) is 18.5. The van der Waals surface area contributed by atoms with Gasteiger partial charge in [0.05, 0.1) is 17.7 Å². The molecule has 0 unspecified atom stereocenters. The normalized spacial score (nSPS) is 12.4. The number of benzene rings is 2. The van der Waals surface area contributed by atoms with Crippen LogP contribution in [-0.4, -0.2) is 42.3 Å². The third-order valence-electron chi connectivity index (χ3n) is 4.38. The van der Waals surface area contributed by atoms with E-state index >= 15 is 0 Å². The largest absolute Gasteiger partial charge is 0.495 e. The van der Waals surface area contributed by atoms with Crippen molar-refractivity contribution in [3.63, 3.8) is 0 Å². The van der Waals surface area contributed by atoms with Crippen molar-refractivity contribution < 1.29 is 21.6 Å². The highest BCUT2D eigenvalue weighted by Crippen LogP contribution is 2.31. The maximum absolute atomic E-state index is 13.1. The van der Waals surface area contributed by atoms with Gasteiger partial charge < -0.3 is 4.74 Å². The maximum Gasteiger partial charge on any atom is 0.265 e. The van der Waals surface area contributed by atoms with Crippen LogP contribution in [0.25, 0.3) is 0 Å². The Balaban J connectivity index is 2.55. The number of rotatable bonds is 7. The molecule has 0 aliphatic carbocycles. The molecule has 0 amide bonds. The first-order valence-corrected chi connectivity index (χ1v) is 11.6. The van der Waals surface area contributed by atoms with Gasteiger partial charge in [-0.15, -0.1) is 0 Å². The van der Waals surface area contributed by atoms with Crippen LogP contribution in [0, 0.1) is 6.92 Å². The van der Waals surface area contributed by atoms with E-state index in [0.29, 0.717) is 5.56 Å². The summed E-state index contributed by atoms with van der Waals surface area (Å²) in [5.74, 6) is 0.349. The summed E-state index contributed by atoms with van der Waals surface area (Å²) in [5, 5.41) is 0. The summed E-state index contributed by atoms with van der Waals surface area (Å²) in [6.07, 6.45) is 0. The minimum absolute atomic E-state index is 0.00136. The van der Waals surface area contributed by atoms with E-state index in [-0.39, 0.29) is 27.1 Å². The average Bonchev–Trinajstić information content (AvgIpc) is 2.62.